The third-order valence-electron chi connectivity index (χ3n) is 4.80. The Morgan fingerprint density at radius 1 is 1.28 bits per heavy atom. The Balaban J connectivity index is 1.79. The van der Waals surface area contributed by atoms with Crippen LogP contribution in [-0.4, -0.2) is 38.0 Å². The third-order valence-corrected chi connectivity index (χ3v) is 4.80. The van der Waals surface area contributed by atoms with Gasteiger partial charge in [0.05, 0.1) is 0 Å². The van der Waals surface area contributed by atoms with Crippen molar-refractivity contribution in [1.82, 2.24) is 19.0 Å². The third kappa shape index (κ3) is 3.55. The molecule has 1 amide bonds. The molecule has 1 aliphatic heterocycles. The molecule has 3 rings (SSSR count). The number of pyridine rings is 1. The summed E-state index contributed by atoms with van der Waals surface area (Å²) >= 11 is 0. The highest BCUT2D eigenvalue weighted by molar-refractivity contribution is 5.92. The van der Waals surface area contributed by atoms with Gasteiger partial charge in [0, 0.05) is 45.6 Å². The number of likely N-dealkylation sites (tertiary alicyclic amines) is 1. The Morgan fingerprint density at radius 3 is 2.80 bits per heavy atom. The molecule has 0 saturated carbocycles. The highest BCUT2D eigenvalue weighted by Crippen LogP contribution is 2.21. The summed E-state index contributed by atoms with van der Waals surface area (Å²) in [6, 6.07) is 5.20. The molecule has 1 atom stereocenters. The monoisotopic (exact) mass is 342 g/mol. The van der Waals surface area contributed by atoms with Crippen molar-refractivity contribution in [2.75, 3.05) is 13.1 Å². The van der Waals surface area contributed by atoms with Crippen LogP contribution in [0.25, 0.3) is 0 Å². The van der Waals surface area contributed by atoms with E-state index in [0.717, 1.165) is 29.4 Å². The quantitative estimate of drug-likeness (QED) is 0.817. The Kier molecular flexibility index (Phi) is 4.83. The normalized spacial score (nSPS) is 17.5. The van der Waals surface area contributed by atoms with Crippen LogP contribution in [0.2, 0.25) is 0 Å². The van der Waals surface area contributed by atoms with Crippen molar-refractivity contribution in [3.8, 4) is 0 Å². The van der Waals surface area contributed by atoms with Crippen LogP contribution >= 0.6 is 0 Å². The molecule has 132 valence electrons. The van der Waals surface area contributed by atoms with Crippen molar-refractivity contribution >= 4 is 5.91 Å². The minimum Gasteiger partial charge on any atom is -0.337 e. The van der Waals surface area contributed by atoms with Gasteiger partial charge in [0.2, 0.25) is 0 Å². The number of carbonyl (C=O) groups excluding carboxylic acids is 1. The van der Waals surface area contributed by atoms with Gasteiger partial charge >= 0.3 is 5.69 Å². The second kappa shape index (κ2) is 7.04. The number of hydrogen-bond donors (Lipinski definition) is 0. The number of amides is 1. The smallest absolute Gasteiger partial charge is 0.331 e. The lowest BCUT2D eigenvalue weighted by molar-refractivity contribution is 0.0661. The van der Waals surface area contributed by atoms with Crippen LogP contribution in [-0.2, 0) is 20.5 Å². The molecule has 1 saturated heterocycles. The topological polar surface area (TPSA) is 77.2 Å². The van der Waals surface area contributed by atoms with Crippen LogP contribution in [0.4, 0.5) is 0 Å². The molecule has 1 aliphatic rings. The van der Waals surface area contributed by atoms with E-state index in [0.29, 0.717) is 19.0 Å². The van der Waals surface area contributed by atoms with Gasteiger partial charge in [-0.3, -0.25) is 23.7 Å². The fourth-order valence-electron chi connectivity index (χ4n) is 3.37. The molecule has 7 heteroatoms. The van der Waals surface area contributed by atoms with E-state index >= 15 is 0 Å². The molecular formula is C18H22N4O3. The lowest BCUT2D eigenvalue weighted by Crippen LogP contribution is -2.45. The summed E-state index contributed by atoms with van der Waals surface area (Å²) in [5.74, 6) is 0.0960. The van der Waals surface area contributed by atoms with Crippen LogP contribution in [0.15, 0.2) is 40.2 Å². The summed E-state index contributed by atoms with van der Waals surface area (Å²) in [6.45, 7) is 1.27. The average Bonchev–Trinajstić information content (AvgIpc) is 2.63. The molecule has 7 nitrogen and oxygen atoms in total. The van der Waals surface area contributed by atoms with Gasteiger partial charge in [0.1, 0.15) is 5.69 Å². The van der Waals surface area contributed by atoms with E-state index in [2.05, 4.69) is 4.98 Å². The van der Waals surface area contributed by atoms with Gasteiger partial charge in [0.25, 0.3) is 11.5 Å². The first-order valence-electron chi connectivity index (χ1n) is 8.42. The van der Waals surface area contributed by atoms with Crippen molar-refractivity contribution in [2.24, 2.45) is 20.0 Å². The number of aromatic nitrogens is 3. The van der Waals surface area contributed by atoms with E-state index in [1.807, 2.05) is 18.3 Å². The predicted octanol–water partition coefficient (Wildman–Crippen LogP) is 0.574. The van der Waals surface area contributed by atoms with E-state index in [1.165, 1.54) is 24.7 Å². The lowest BCUT2D eigenvalue weighted by atomic mass is 9.91. The molecule has 25 heavy (non-hydrogen) atoms. The number of carbonyl (C=O) groups is 1. The summed E-state index contributed by atoms with van der Waals surface area (Å²) < 4.78 is 2.24. The van der Waals surface area contributed by atoms with E-state index in [1.54, 1.807) is 11.1 Å². The van der Waals surface area contributed by atoms with Gasteiger partial charge in [-0.2, -0.15) is 0 Å². The summed E-state index contributed by atoms with van der Waals surface area (Å²) in [6.07, 6.45) is 6.43. The van der Waals surface area contributed by atoms with Crippen molar-refractivity contribution in [3.05, 3.63) is 62.7 Å². The first kappa shape index (κ1) is 17.1. The Labute approximate surface area is 145 Å². The fourth-order valence-corrected chi connectivity index (χ4v) is 3.37. The van der Waals surface area contributed by atoms with Crippen molar-refractivity contribution in [2.45, 2.75) is 19.3 Å². The standard InChI is InChI=1S/C18H22N4O3/c1-20-15(10-16(23)21(2)18(20)25)17(24)22-8-4-6-14(12-22)9-13-5-3-7-19-11-13/h3,5,7,10-11,14H,4,6,8-9,12H2,1-2H3. The fraction of sp³-hybridized carbons (Fsp3) is 0.444. The van der Waals surface area contributed by atoms with Gasteiger partial charge in [-0.05, 0) is 36.8 Å². The average molecular weight is 342 g/mol. The first-order valence-corrected chi connectivity index (χ1v) is 8.42. The predicted molar refractivity (Wildman–Crippen MR) is 93.5 cm³/mol. The van der Waals surface area contributed by atoms with Crippen LogP contribution in [0, 0.1) is 5.92 Å². The minimum absolute atomic E-state index is 0.148. The summed E-state index contributed by atoms with van der Waals surface area (Å²) in [5, 5.41) is 0. The lowest BCUT2D eigenvalue weighted by Gasteiger charge is -2.33. The van der Waals surface area contributed by atoms with E-state index in [9.17, 15) is 14.4 Å². The molecule has 2 aromatic rings. The molecule has 1 fully saturated rings. The molecule has 0 spiro atoms. The molecule has 0 N–H and O–H groups in total. The highest BCUT2D eigenvalue weighted by Gasteiger charge is 2.26. The van der Waals surface area contributed by atoms with Gasteiger partial charge in [0.15, 0.2) is 0 Å². The Bertz CT molecular complexity index is 885. The van der Waals surface area contributed by atoms with Gasteiger partial charge in [-0.15, -0.1) is 0 Å². The SMILES string of the molecule is Cn1c(C(=O)N2CCCC(Cc3cccnc3)C2)cc(=O)n(C)c1=O. The second-order valence-electron chi connectivity index (χ2n) is 6.59. The van der Waals surface area contributed by atoms with Crippen molar-refractivity contribution < 1.29 is 4.79 Å². The van der Waals surface area contributed by atoms with E-state index in [4.69, 9.17) is 0 Å². The molecule has 3 heterocycles. The molecule has 0 radical (unpaired) electrons. The summed E-state index contributed by atoms with van der Waals surface area (Å²) in [5.41, 5.74) is 0.355. The van der Waals surface area contributed by atoms with Gasteiger partial charge < -0.3 is 4.90 Å². The summed E-state index contributed by atoms with van der Waals surface area (Å²) in [7, 11) is 2.93. The van der Waals surface area contributed by atoms with Gasteiger partial charge in [-0.1, -0.05) is 6.07 Å². The van der Waals surface area contributed by atoms with Crippen LogP contribution in [0.3, 0.4) is 0 Å². The zero-order valence-electron chi connectivity index (χ0n) is 14.5. The van der Waals surface area contributed by atoms with Crippen molar-refractivity contribution in [3.63, 3.8) is 0 Å². The molecular weight excluding hydrogens is 320 g/mol. The zero-order valence-corrected chi connectivity index (χ0v) is 14.5. The number of piperidine rings is 1. The molecule has 2 aromatic heterocycles. The first-order chi connectivity index (χ1) is 12.0. The number of nitrogens with zero attached hydrogens (tertiary/aromatic N) is 4. The van der Waals surface area contributed by atoms with E-state index in [-0.39, 0.29) is 11.6 Å². The van der Waals surface area contributed by atoms with Crippen molar-refractivity contribution in [1.29, 1.82) is 0 Å². The maximum absolute atomic E-state index is 12.8. The maximum atomic E-state index is 12.8. The van der Waals surface area contributed by atoms with Crippen LogP contribution < -0.4 is 11.2 Å². The Hall–Kier alpha value is -2.70. The van der Waals surface area contributed by atoms with Gasteiger partial charge in [-0.25, -0.2) is 4.79 Å². The highest BCUT2D eigenvalue weighted by atomic mass is 16.2. The maximum Gasteiger partial charge on any atom is 0.331 e. The summed E-state index contributed by atoms with van der Waals surface area (Å²) in [4.78, 5) is 42.7. The molecule has 0 aliphatic carbocycles. The second-order valence-corrected chi connectivity index (χ2v) is 6.59. The minimum atomic E-state index is -0.486. The van der Waals surface area contributed by atoms with E-state index < -0.39 is 11.2 Å². The van der Waals surface area contributed by atoms with Crippen LogP contribution in [0.1, 0.15) is 28.9 Å². The number of rotatable bonds is 3. The Morgan fingerprint density at radius 2 is 2.08 bits per heavy atom. The molecule has 1 unspecified atom stereocenters. The molecule has 0 aromatic carbocycles. The molecule has 0 bridgehead atoms. The van der Waals surface area contributed by atoms with Crippen LogP contribution in [0.5, 0.6) is 0 Å². The number of hydrogen-bond acceptors (Lipinski definition) is 4. The largest absolute Gasteiger partial charge is 0.337 e. The zero-order chi connectivity index (χ0) is 18.0.